The van der Waals surface area contributed by atoms with Crippen LogP contribution in [-0.2, 0) is 5.54 Å². The number of H-pyrrole nitrogens is 1. The molecule has 0 saturated heterocycles. The molecule has 2 atom stereocenters. The summed E-state index contributed by atoms with van der Waals surface area (Å²) < 4.78 is 0. The molecule has 1 aliphatic rings. The molecule has 6 nitrogen and oxygen atoms in total. The molecular weight excluding hydrogens is 296 g/mol. The molecule has 1 fully saturated rings. The fourth-order valence-corrected chi connectivity index (χ4v) is 3.85. The second kappa shape index (κ2) is 5.12. The van der Waals surface area contributed by atoms with Crippen molar-refractivity contribution in [1.82, 2.24) is 20.2 Å². The van der Waals surface area contributed by atoms with Crippen molar-refractivity contribution in [3.05, 3.63) is 28.7 Å². The highest BCUT2D eigenvalue weighted by Crippen LogP contribution is 2.36. The van der Waals surface area contributed by atoms with Gasteiger partial charge in [-0.05, 0) is 24.3 Å². The molecule has 7 heteroatoms. The van der Waals surface area contributed by atoms with Crippen LogP contribution in [0.1, 0.15) is 31.4 Å². The van der Waals surface area contributed by atoms with E-state index in [0.717, 1.165) is 48.0 Å². The molecule has 114 valence electrons. The first-order valence-electron chi connectivity index (χ1n) is 7.47. The van der Waals surface area contributed by atoms with Gasteiger partial charge in [-0.2, -0.15) is 16.4 Å². The fraction of sp³-hybridized carbons (Fsp3) is 0.400. The van der Waals surface area contributed by atoms with Gasteiger partial charge < -0.3 is 11.5 Å². The number of thiophene rings is 1. The average molecular weight is 314 g/mol. The van der Waals surface area contributed by atoms with Gasteiger partial charge >= 0.3 is 0 Å². The zero-order chi connectivity index (χ0) is 15.2. The van der Waals surface area contributed by atoms with Crippen molar-refractivity contribution < 1.29 is 0 Å². The van der Waals surface area contributed by atoms with Crippen LogP contribution in [0.3, 0.4) is 0 Å². The SMILES string of the molecule is NC1CCCCC1(N)c1nc(-c2ccsc2)nc2cn[nH]c12. The number of nitrogens with two attached hydrogens (primary N) is 2. The average Bonchev–Trinajstić information content (AvgIpc) is 3.19. The Hall–Kier alpha value is -1.83. The van der Waals surface area contributed by atoms with Gasteiger partial charge in [-0.25, -0.2) is 9.97 Å². The lowest BCUT2D eigenvalue weighted by Gasteiger charge is -2.38. The van der Waals surface area contributed by atoms with Crippen molar-refractivity contribution in [2.24, 2.45) is 11.5 Å². The maximum absolute atomic E-state index is 6.71. The van der Waals surface area contributed by atoms with Crippen molar-refractivity contribution in [3.8, 4) is 11.4 Å². The van der Waals surface area contributed by atoms with Gasteiger partial charge in [-0.15, -0.1) is 0 Å². The van der Waals surface area contributed by atoms with E-state index in [-0.39, 0.29) is 6.04 Å². The van der Waals surface area contributed by atoms with Gasteiger partial charge in [0.05, 0.1) is 17.4 Å². The van der Waals surface area contributed by atoms with E-state index in [2.05, 4.69) is 15.2 Å². The molecule has 3 aromatic heterocycles. The van der Waals surface area contributed by atoms with E-state index in [4.69, 9.17) is 16.5 Å². The predicted molar refractivity (Wildman–Crippen MR) is 87.3 cm³/mol. The largest absolute Gasteiger partial charge is 0.326 e. The van der Waals surface area contributed by atoms with Crippen LogP contribution in [-0.4, -0.2) is 26.2 Å². The molecule has 0 aliphatic heterocycles. The standard InChI is InChI=1S/C15H18N6S/c16-11-3-1-2-5-15(11,17)13-12-10(7-18-21-12)19-14(20-13)9-4-6-22-8-9/h4,6-8,11H,1-3,5,16-17H2,(H,18,21). The van der Waals surface area contributed by atoms with Gasteiger partial charge in [0.15, 0.2) is 5.82 Å². The molecule has 2 unspecified atom stereocenters. The molecule has 0 amide bonds. The van der Waals surface area contributed by atoms with E-state index in [1.54, 1.807) is 17.5 Å². The first-order valence-corrected chi connectivity index (χ1v) is 8.41. The first kappa shape index (κ1) is 13.8. The fourth-order valence-electron chi connectivity index (χ4n) is 3.22. The summed E-state index contributed by atoms with van der Waals surface area (Å²) >= 11 is 1.62. The summed E-state index contributed by atoms with van der Waals surface area (Å²) in [5, 5.41) is 11.2. The van der Waals surface area contributed by atoms with E-state index in [1.807, 2.05) is 16.8 Å². The lowest BCUT2D eigenvalue weighted by molar-refractivity contribution is 0.252. The third-order valence-corrected chi connectivity index (χ3v) is 5.22. The maximum atomic E-state index is 6.71. The Morgan fingerprint density at radius 2 is 2.23 bits per heavy atom. The molecule has 3 aromatic rings. The van der Waals surface area contributed by atoms with Crippen LogP contribution in [0.15, 0.2) is 23.0 Å². The van der Waals surface area contributed by atoms with Crippen molar-refractivity contribution in [1.29, 1.82) is 0 Å². The number of hydrogen-bond acceptors (Lipinski definition) is 6. The van der Waals surface area contributed by atoms with Gasteiger partial charge in [0.1, 0.15) is 11.0 Å². The highest BCUT2D eigenvalue weighted by Gasteiger charge is 2.40. The minimum atomic E-state index is -0.628. The summed E-state index contributed by atoms with van der Waals surface area (Å²) in [6.07, 6.45) is 5.66. The number of nitrogens with zero attached hydrogens (tertiary/aromatic N) is 3. The summed E-state index contributed by atoms with van der Waals surface area (Å²) in [6.45, 7) is 0. The molecule has 5 N–H and O–H groups in total. The molecule has 0 aromatic carbocycles. The topological polar surface area (TPSA) is 106 Å². The Labute approximate surface area is 132 Å². The molecule has 1 aliphatic carbocycles. The second-order valence-electron chi connectivity index (χ2n) is 5.93. The zero-order valence-electron chi connectivity index (χ0n) is 12.1. The summed E-state index contributed by atoms with van der Waals surface area (Å²) in [6, 6.07) is 1.91. The first-order chi connectivity index (χ1) is 10.7. The number of aromatic nitrogens is 4. The van der Waals surface area contributed by atoms with Crippen LogP contribution in [0.5, 0.6) is 0 Å². The minimum Gasteiger partial charge on any atom is -0.326 e. The van der Waals surface area contributed by atoms with Crippen LogP contribution in [0.4, 0.5) is 0 Å². The molecule has 3 heterocycles. The highest BCUT2D eigenvalue weighted by atomic mass is 32.1. The van der Waals surface area contributed by atoms with Gasteiger partial charge in [0.2, 0.25) is 0 Å². The molecule has 0 bridgehead atoms. The van der Waals surface area contributed by atoms with Crippen LogP contribution < -0.4 is 11.5 Å². The Morgan fingerprint density at radius 1 is 1.32 bits per heavy atom. The third-order valence-electron chi connectivity index (χ3n) is 4.54. The monoisotopic (exact) mass is 314 g/mol. The molecule has 22 heavy (non-hydrogen) atoms. The van der Waals surface area contributed by atoms with E-state index < -0.39 is 5.54 Å². The lowest BCUT2D eigenvalue weighted by atomic mass is 9.76. The van der Waals surface area contributed by atoms with Crippen molar-refractivity contribution in [2.45, 2.75) is 37.3 Å². The Balaban J connectivity index is 1.94. The third kappa shape index (κ3) is 2.05. The van der Waals surface area contributed by atoms with Crippen LogP contribution in [0.2, 0.25) is 0 Å². The number of nitrogens with one attached hydrogen (secondary N) is 1. The smallest absolute Gasteiger partial charge is 0.161 e. The van der Waals surface area contributed by atoms with Crippen LogP contribution in [0, 0.1) is 0 Å². The summed E-state index contributed by atoms with van der Waals surface area (Å²) in [5.74, 6) is 0.688. The Bertz CT molecular complexity index is 796. The van der Waals surface area contributed by atoms with Gasteiger partial charge in [0.25, 0.3) is 0 Å². The normalized spacial score (nSPS) is 25.6. The molecular formula is C15H18N6S. The van der Waals surface area contributed by atoms with E-state index in [0.29, 0.717) is 5.82 Å². The van der Waals surface area contributed by atoms with Crippen LogP contribution >= 0.6 is 11.3 Å². The Morgan fingerprint density at radius 3 is 3.00 bits per heavy atom. The lowest BCUT2D eigenvalue weighted by Crippen LogP contribution is -2.55. The van der Waals surface area contributed by atoms with Gasteiger partial charge in [-0.1, -0.05) is 12.8 Å². The van der Waals surface area contributed by atoms with Crippen molar-refractivity contribution >= 4 is 22.4 Å². The Kier molecular flexibility index (Phi) is 3.21. The quantitative estimate of drug-likeness (QED) is 0.672. The minimum absolute atomic E-state index is 0.0991. The van der Waals surface area contributed by atoms with E-state index in [1.165, 1.54) is 0 Å². The van der Waals surface area contributed by atoms with E-state index in [9.17, 15) is 0 Å². The number of rotatable bonds is 2. The summed E-state index contributed by atoms with van der Waals surface area (Å²) in [5.41, 5.74) is 15.8. The van der Waals surface area contributed by atoms with Gasteiger partial charge in [0, 0.05) is 17.0 Å². The van der Waals surface area contributed by atoms with Gasteiger partial charge in [-0.3, -0.25) is 5.10 Å². The molecule has 1 saturated carbocycles. The molecule has 0 spiro atoms. The predicted octanol–water partition coefficient (Wildman–Crippen LogP) is 2.14. The number of fused-ring (bicyclic) bond motifs is 1. The molecule has 4 rings (SSSR count). The molecule has 0 radical (unpaired) electrons. The number of aromatic amines is 1. The zero-order valence-corrected chi connectivity index (χ0v) is 12.9. The second-order valence-corrected chi connectivity index (χ2v) is 6.71. The van der Waals surface area contributed by atoms with Crippen molar-refractivity contribution in [2.75, 3.05) is 0 Å². The number of hydrogen-bond donors (Lipinski definition) is 3. The summed E-state index contributed by atoms with van der Waals surface area (Å²) in [7, 11) is 0. The van der Waals surface area contributed by atoms with Crippen molar-refractivity contribution in [3.63, 3.8) is 0 Å². The maximum Gasteiger partial charge on any atom is 0.161 e. The summed E-state index contributed by atoms with van der Waals surface area (Å²) in [4.78, 5) is 9.38. The van der Waals surface area contributed by atoms with Crippen LogP contribution in [0.25, 0.3) is 22.4 Å². The highest BCUT2D eigenvalue weighted by molar-refractivity contribution is 7.08. The van der Waals surface area contributed by atoms with E-state index >= 15 is 0 Å².